The second-order valence-corrected chi connectivity index (χ2v) is 6.24. The molecule has 12 nitrogen and oxygen atoms in total. The van der Waals surface area contributed by atoms with Crippen LogP contribution in [0.5, 0.6) is 0 Å². The van der Waals surface area contributed by atoms with Gasteiger partial charge in [0.2, 0.25) is 0 Å². The van der Waals surface area contributed by atoms with Crippen molar-refractivity contribution in [1.82, 2.24) is 0 Å². The first-order valence-electron chi connectivity index (χ1n) is 7.11. The molecule has 5 aliphatic rings. The number of ether oxygens (including phenoxy) is 6. The summed E-state index contributed by atoms with van der Waals surface area (Å²) in [5.41, 5.74) is 0. The van der Waals surface area contributed by atoms with Crippen molar-refractivity contribution in [3.8, 4) is 0 Å². The summed E-state index contributed by atoms with van der Waals surface area (Å²) in [6.45, 7) is -0.844. The highest BCUT2D eigenvalue weighted by atomic mass is 16.9. The van der Waals surface area contributed by atoms with Crippen LogP contribution in [-0.2, 0) is 38.0 Å². The summed E-state index contributed by atoms with van der Waals surface area (Å²) >= 11 is 0. The van der Waals surface area contributed by atoms with Gasteiger partial charge in [-0.3, -0.25) is 9.47 Å². The zero-order valence-corrected chi connectivity index (χ0v) is 11.8. The van der Waals surface area contributed by atoms with Gasteiger partial charge in [-0.25, -0.2) is 9.59 Å². The molecule has 5 aliphatic heterocycles. The lowest BCUT2D eigenvalue weighted by atomic mass is 9.93. The SMILES string of the molecule is O=C1O[C@@H]2[C@@H](O)CO[C@@]23O[C@@]2(O)C(=O)O[C@@H]4[C@@H](O)CO[C@@]42O[C@@]13O. The van der Waals surface area contributed by atoms with Crippen LogP contribution in [0, 0.1) is 0 Å². The van der Waals surface area contributed by atoms with Crippen molar-refractivity contribution in [3.63, 3.8) is 0 Å². The quantitative estimate of drug-likeness (QED) is 0.309. The monoisotopic (exact) mass is 348 g/mol. The van der Waals surface area contributed by atoms with Crippen molar-refractivity contribution in [1.29, 1.82) is 0 Å². The number of esters is 2. The largest absolute Gasteiger partial charge is 0.449 e. The van der Waals surface area contributed by atoms with Crippen LogP contribution in [0.4, 0.5) is 0 Å². The molecule has 12 heteroatoms. The molecule has 24 heavy (non-hydrogen) atoms. The van der Waals surface area contributed by atoms with E-state index in [0.717, 1.165) is 0 Å². The Hall–Kier alpha value is -1.38. The van der Waals surface area contributed by atoms with Gasteiger partial charge < -0.3 is 39.4 Å². The Kier molecular flexibility index (Phi) is 2.42. The molecular formula is C12H12O12. The molecule has 132 valence electrons. The summed E-state index contributed by atoms with van der Waals surface area (Å²) in [6, 6.07) is 0. The molecule has 0 aliphatic carbocycles. The summed E-state index contributed by atoms with van der Waals surface area (Å²) in [4.78, 5) is 24.3. The van der Waals surface area contributed by atoms with Gasteiger partial charge in [0, 0.05) is 0 Å². The van der Waals surface area contributed by atoms with E-state index < -0.39 is 72.7 Å². The third kappa shape index (κ3) is 1.22. The van der Waals surface area contributed by atoms with Gasteiger partial charge in [0.1, 0.15) is 12.2 Å². The van der Waals surface area contributed by atoms with Crippen LogP contribution in [0.25, 0.3) is 0 Å². The molecule has 5 fully saturated rings. The standard InChI is InChI=1S/C12H12O12/c13-3-1-19-11-5(3)21-7(15)9(11,17)24-12-6(4(14)2-20-12)22-8(16)10(12,18)23-11/h3-6,13-14,17-18H,1-2H2/t3-,4-,5+,6+,9-,10-,11+,12+/m0/s1. The number of aliphatic hydroxyl groups is 4. The maximum atomic E-state index is 12.1. The average Bonchev–Trinajstić information content (AvgIpc) is 3.13. The van der Waals surface area contributed by atoms with Crippen LogP contribution < -0.4 is 0 Å². The zero-order chi connectivity index (χ0) is 17.1. The molecule has 2 spiro atoms. The van der Waals surface area contributed by atoms with Crippen molar-refractivity contribution in [2.45, 2.75) is 47.6 Å². The summed E-state index contributed by atoms with van der Waals surface area (Å²) in [7, 11) is 0. The predicted octanol–water partition coefficient (Wildman–Crippen LogP) is -4.56. The first kappa shape index (κ1) is 14.9. The van der Waals surface area contributed by atoms with Crippen LogP contribution in [-0.4, -0.2) is 93.1 Å². The number of aliphatic hydroxyl groups excluding tert-OH is 2. The second-order valence-electron chi connectivity index (χ2n) is 6.24. The Morgan fingerprint density at radius 2 is 1.17 bits per heavy atom. The van der Waals surface area contributed by atoms with Crippen LogP contribution in [0.15, 0.2) is 0 Å². The highest BCUT2D eigenvalue weighted by molar-refractivity contribution is 5.86. The van der Waals surface area contributed by atoms with Crippen molar-refractivity contribution < 1.29 is 58.4 Å². The fourth-order valence-electron chi connectivity index (χ4n) is 3.81. The Morgan fingerprint density at radius 3 is 1.54 bits per heavy atom. The molecule has 5 rings (SSSR count). The van der Waals surface area contributed by atoms with E-state index in [0.29, 0.717) is 0 Å². The maximum absolute atomic E-state index is 12.1. The van der Waals surface area contributed by atoms with Crippen molar-refractivity contribution in [2.24, 2.45) is 0 Å². The molecule has 0 amide bonds. The summed E-state index contributed by atoms with van der Waals surface area (Å²) in [5.74, 6) is -13.7. The Morgan fingerprint density at radius 1 is 0.792 bits per heavy atom. The van der Waals surface area contributed by atoms with E-state index in [2.05, 4.69) is 0 Å². The van der Waals surface area contributed by atoms with E-state index in [1.807, 2.05) is 0 Å². The van der Waals surface area contributed by atoms with E-state index in [1.165, 1.54) is 0 Å². The maximum Gasteiger partial charge on any atom is 0.373 e. The van der Waals surface area contributed by atoms with Crippen LogP contribution in [0.3, 0.4) is 0 Å². The lowest BCUT2D eigenvalue weighted by Crippen LogP contribution is -2.78. The minimum absolute atomic E-state index is 0.422. The Balaban J connectivity index is 1.70. The first-order chi connectivity index (χ1) is 11.2. The number of rotatable bonds is 0. The highest BCUT2D eigenvalue weighted by Crippen LogP contribution is 2.60. The molecule has 8 atom stereocenters. The molecule has 5 saturated heterocycles. The van der Waals surface area contributed by atoms with Gasteiger partial charge >= 0.3 is 23.5 Å². The van der Waals surface area contributed by atoms with Gasteiger partial charge in [-0.05, 0) is 0 Å². The number of hydrogen-bond acceptors (Lipinski definition) is 12. The molecule has 0 radical (unpaired) electrons. The summed E-state index contributed by atoms with van der Waals surface area (Å²) in [5, 5.41) is 41.2. The predicted molar refractivity (Wildman–Crippen MR) is 61.2 cm³/mol. The molecule has 4 N–H and O–H groups in total. The van der Waals surface area contributed by atoms with Crippen LogP contribution in [0.1, 0.15) is 0 Å². The first-order valence-corrected chi connectivity index (χ1v) is 7.11. The molecule has 0 aromatic heterocycles. The zero-order valence-electron chi connectivity index (χ0n) is 11.8. The van der Waals surface area contributed by atoms with E-state index in [4.69, 9.17) is 28.4 Å². The van der Waals surface area contributed by atoms with Gasteiger partial charge in [0.25, 0.3) is 11.6 Å². The van der Waals surface area contributed by atoms with Crippen LogP contribution in [0.2, 0.25) is 0 Å². The van der Waals surface area contributed by atoms with Gasteiger partial charge in [-0.1, -0.05) is 0 Å². The normalized spacial score (nSPS) is 61.0. The minimum Gasteiger partial charge on any atom is -0.449 e. The Bertz CT molecular complexity index is 610. The highest BCUT2D eigenvalue weighted by Gasteiger charge is 2.91. The van der Waals surface area contributed by atoms with Gasteiger partial charge in [0.05, 0.1) is 13.2 Å². The lowest BCUT2D eigenvalue weighted by Gasteiger charge is -2.50. The molecule has 0 saturated carbocycles. The average molecular weight is 348 g/mol. The number of carbonyl (C=O) groups excluding carboxylic acids is 2. The van der Waals surface area contributed by atoms with Crippen LogP contribution >= 0.6 is 0 Å². The summed E-state index contributed by atoms with van der Waals surface area (Å²) in [6.07, 6.45) is -5.91. The van der Waals surface area contributed by atoms with Gasteiger partial charge in [-0.15, -0.1) is 0 Å². The van der Waals surface area contributed by atoms with E-state index >= 15 is 0 Å². The van der Waals surface area contributed by atoms with Gasteiger partial charge in [0.15, 0.2) is 12.2 Å². The van der Waals surface area contributed by atoms with Gasteiger partial charge in [-0.2, -0.15) is 0 Å². The number of carbonyl (C=O) groups is 2. The third-order valence-electron chi connectivity index (χ3n) is 4.95. The van der Waals surface area contributed by atoms with Crippen molar-refractivity contribution in [2.75, 3.05) is 13.2 Å². The van der Waals surface area contributed by atoms with E-state index in [9.17, 15) is 30.0 Å². The molecule has 0 unspecified atom stereocenters. The van der Waals surface area contributed by atoms with E-state index in [-0.39, 0.29) is 0 Å². The molecule has 0 aromatic rings. The summed E-state index contributed by atoms with van der Waals surface area (Å²) < 4.78 is 30.6. The third-order valence-corrected chi connectivity index (χ3v) is 4.95. The smallest absolute Gasteiger partial charge is 0.373 e. The number of hydrogen-bond donors (Lipinski definition) is 4. The van der Waals surface area contributed by atoms with Crippen molar-refractivity contribution >= 4 is 11.9 Å². The fraction of sp³-hybridized carbons (Fsp3) is 0.833. The minimum atomic E-state index is -2.96. The molecule has 0 bridgehead atoms. The molecular weight excluding hydrogens is 336 g/mol. The van der Waals surface area contributed by atoms with E-state index in [1.54, 1.807) is 0 Å². The fourth-order valence-corrected chi connectivity index (χ4v) is 3.81. The Labute approximate surface area is 132 Å². The second kappa shape index (κ2) is 3.89. The molecule has 0 aromatic carbocycles. The lowest BCUT2D eigenvalue weighted by molar-refractivity contribution is -0.528. The topological polar surface area (TPSA) is 170 Å². The molecule has 5 heterocycles. The van der Waals surface area contributed by atoms with Crippen molar-refractivity contribution in [3.05, 3.63) is 0 Å².